The molecule has 2 saturated heterocycles. The second kappa shape index (κ2) is 12.6. The zero-order valence-electron chi connectivity index (χ0n) is 27.0. The fourth-order valence-corrected chi connectivity index (χ4v) is 7.26. The van der Waals surface area contributed by atoms with Gasteiger partial charge in [0.1, 0.15) is 17.1 Å². The largest absolute Gasteiger partial charge is 0.497 e. The molecule has 0 radical (unpaired) electrons. The maximum atomic E-state index is 13.3. The molecule has 6 rings (SSSR count). The summed E-state index contributed by atoms with van der Waals surface area (Å²) in [4.78, 5) is 41.0. The minimum Gasteiger partial charge on any atom is -0.497 e. The van der Waals surface area contributed by atoms with Gasteiger partial charge in [0.15, 0.2) is 0 Å². The van der Waals surface area contributed by atoms with E-state index in [0.717, 1.165) is 16.7 Å². The predicted octanol–water partition coefficient (Wildman–Crippen LogP) is 3.60. The Bertz CT molecular complexity index is 1570. The maximum Gasteiger partial charge on any atom is 0.236 e. The van der Waals surface area contributed by atoms with Gasteiger partial charge in [-0.25, -0.2) is 0 Å². The van der Waals surface area contributed by atoms with Crippen molar-refractivity contribution in [2.24, 2.45) is 11.8 Å². The van der Waals surface area contributed by atoms with Crippen LogP contribution in [0.2, 0.25) is 0 Å². The number of hydrogen-bond acceptors (Lipinski definition) is 8. The highest BCUT2D eigenvalue weighted by atomic mass is 16.5. The molecule has 5 atom stereocenters. The monoisotopic (exact) mass is 640 g/mol. The molecule has 2 N–H and O–H groups in total. The van der Waals surface area contributed by atoms with Crippen LogP contribution in [0.4, 0.5) is 0 Å². The van der Waals surface area contributed by atoms with Crippen LogP contribution in [0.15, 0.2) is 91.0 Å². The van der Waals surface area contributed by atoms with Gasteiger partial charge in [0.2, 0.25) is 17.7 Å². The van der Waals surface area contributed by atoms with E-state index >= 15 is 0 Å². The van der Waals surface area contributed by atoms with E-state index < -0.39 is 47.2 Å². The number of carbonyl (C=O) groups excluding carboxylic acids is 3. The van der Waals surface area contributed by atoms with Crippen molar-refractivity contribution in [3.63, 3.8) is 0 Å². The van der Waals surface area contributed by atoms with Gasteiger partial charge in [0, 0.05) is 13.0 Å². The number of aliphatic hydroxyl groups is 1. The first-order valence-corrected chi connectivity index (χ1v) is 15.7. The second-order valence-corrected chi connectivity index (χ2v) is 12.6. The normalized spacial score (nSPS) is 25.2. The molecule has 2 bridgehead atoms. The number of ether oxygens (including phenoxy) is 4. The molecule has 0 aliphatic carbocycles. The molecular weight excluding hydrogens is 600 g/mol. The molecule has 0 aromatic heterocycles. The molecule has 3 amide bonds. The zero-order valence-corrected chi connectivity index (χ0v) is 27.0. The molecular formula is C37H40N2O8. The molecule has 47 heavy (non-hydrogen) atoms. The SMILES string of the molecule is COc1ccc(C(OCC(CO)NC(=O)CCN2C(=O)[C@@H]3[C@H](C2=O)[C@@]2(C)C=C[C@]3(C)O2)(c2ccccc2)c2ccc(OC)cc2)cc1. The number of nitrogens with zero attached hydrogens (tertiary/aromatic N) is 1. The highest BCUT2D eigenvalue weighted by molar-refractivity contribution is 6.07. The first kappa shape index (κ1) is 32.4. The molecule has 3 aliphatic rings. The number of rotatable bonds is 13. The third-order valence-corrected chi connectivity index (χ3v) is 9.64. The van der Waals surface area contributed by atoms with E-state index in [1.54, 1.807) is 14.2 Å². The number of aliphatic hydroxyl groups excluding tert-OH is 1. The number of amides is 3. The number of benzene rings is 3. The molecule has 2 fully saturated rings. The van der Waals surface area contributed by atoms with Crippen molar-refractivity contribution in [1.82, 2.24) is 10.2 Å². The van der Waals surface area contributed by atoms with Crippen LogP contribution in [0, 0.1) is 11.8 Å². The number of hydrogen-bond donors (Lipinski definition) is 2. The highest BCUT2D eigenvalue weighted by Gasteiger charge is 2.70. The summed E-state index contributed by atoms with van der Waals surface area (Å²) in [6, 6.07) is 24.1. The van der Waals surface area contributed by atoms with Crippen molar-refractivity contribution >= 4 is 17.7 Å². The Kier molecular flexibility index (Phi) is 8.69. The van der Waals surface area contributed by atoms with Crippen molar-refractivity contribution < 1.29 is 38.4 Å². The van der Waals surface area contributed by atoms with Crippen LogP contribution in [0.5, 0.6) is 11.5 Å². The van der Waals surface area contributed by atoms with Crippen LogP contribution in [-0.2, 0) is 29.5 Å². The number of methoxy groups -OCH3 is 2. The molecule has 10 nitrogen and oxygen atoms in total. The molecule has 10 heteroatoms. The van der Waals surface area contributed by atoms with Gasteiger partial charge in [0.25, 0.3) is 0 Å². The lowest BCUT2D eigenvalue weighted by atomic mass is 9.73. The van der Waals surface area contributed by atoms with Gasteiger partial charge in [-0.3, -0.25) is 19.3 Å². The standard InChI is InChI=1S/C37H40N2O8/c1-35-19-20-36(2,47-35)32-31(35)33(42)39(34(32)43)21-18-30(41)38-27(22-40)23-46-37(24-8-6-5-7-9-24,25-10-14-28(44-3)15-11-25)26-12-16-29(45-4)17-13-26/h5-17,19-20,27,31-32,40H,18,21-23H2,1-4H3,(H,38,41)/t27?,31-,32+,35-,36+. The van der Waals surface area contributed by atoms with Crippen molar-refractivity contribution in [1.29, 1.82) is 0 Å². The summed E-state index contributed by atoms with van der Waals surface area (Å²) in [5, 5.41) is 13.2. The van der Waals surface area contributed by atoms with Gasteiger partial charge in [-0.1, -0.05) is 66.7 Å². The second-order valence-electron chi connectivity index (χ2n) is 12.6. The molecule has 0 saturated carbocycles. The molecule has 3 aliphatic heterocycles. The van der Waals surface area contributed by atoms with Crippen LogP contribution in [0.3, 0.4) is 0 Å². The third kappa shape index (κ3) is 5.60. The number of carbonyl (C=O) groups is 3. The Hall–Kier alpha value is -4.51. The average molecular weight is 641 g/mol. The summed E-state index contributed by atoms with van der Waals surface area (Å²) < 4.78 is 23.7. The van der Waals surface area contributed by atoms with Crippen molar-refractivity contribution in [3.05, 3.63) is 108 Å². The topological polar surface area (TPSA) is 124 Å². The number of nitrogens with one attached hydrogen (secondary N) is 1. The van der Waals surface area contributed by atoms with Crippen molar-refractivity contribution in [2.75, 3.05) is 34.0 Å². The average Bonchev–Trinajstić information content (AvgIpc) is 3.65. The highest BCUT2D eigenvalue weighted by Crippen LogP contribution is 2.57. The molecule has 3 aromatic rings. The number of imide groups is 1. The Labute approximate surface area is 274 Å². The lowest BCUT2D eigenvalue weighted by Crippen LogP contribution is -2.46. The number of likely N-dealkylation sites (tertiary alicyclic amines) is 1. The van der Waals surface area contributed by atoms with Gasteiger partial charge < -0.3 is 29.4 Å². The van der Waals surface area contributed by atoms with Crippen LogP contribution in [-0.4, -0.2) is 79.0 Å². The molecule has 3 heterocycles. The summed E-state index contributed by atoms with van der Waals surface area (Å²) in [6.07, 6.45) is 3.60. The van der Waals surface area contributed by atoms with E-state index in [-0.39, 0.29) is 31.4 Å². The van der Waals surface area contributed by atoms with Gasteiger partial charge in [0.05, 0.1) is 56.5 Å². The fraction of sp³-hybridized carbons (Fsp3) is 0.378. The Morgan fingerprint density at radius 1 is 0.851 bits per heavy atom. The summed E-state index contributed by atoms with van der Waals surface area (Å²) in [5.41, 5.74) is -0.340. The summed E-state index contributed by atoms with van der Waals surface area (Å²) >= 11 is 0. The minimum absolute atomic E-state index is 0.0549. The smallest absolute Gasteiger partial charge is 0.236 e. The Morgan fingerprint density at radius 3 is 1.81 bits per heavy atom. The van der Waals surface area contributed by atoms with Crippen LogP contribution >= 0.6 is 0 Å². The Morgan fingerprint density at radius 2 is 1.34 bits per heavy atom. The van der Waals surface area contributed by atoms with E-state index in [4.69, 9.17) is 18.9 Å². The summed E-state index contributed by atoms with van der Waals surface area (Å²) in [7, 11) is 3.20. The molecule has 1 unspecified atom stereocenters. The van der Waals surface area contributed by atoms with Crippen LogP contribution in [0.1, 0.15) is 37.0 Å². The van der Waals surface area contributed by atoms with Crippen molar-refractivity contribution in [3.8, 4) is 11.5 Å². The maximum absolute atomic E-state index is 13.3. The van der Waals surface area contributed by atoms with Gasteiger partial charge in [-0.2, -0.15) is 0 Å². The fourth-order valence-electron chi connectivity index (χ4n) is 7.26. The number of fused-ring (bicyclic) bond motifs is 5. The third-order valence-electron chi connectivity index (χ3n) is 9.64. The lowest BCUT2D eigenvalue weighted by molar-refractivity contribution is -0.146. The van der Waals surface area contributed by atoms with E-state index in [0.29, 0.717) is 11.5 Å². The van der Waals surface area contributed by atoms with Crippen LogP contribution in [0.25, 0.3) is 0 Å². The van der Waals surface area contributed by atoms with E-state index in [9.17, 15) is 19.5 Å². The minimum atomic E-state index is -1.13. The van der Waals surface area contributed by atoms with E-state index in [2.05, 4.69) is 5.32 Å². The molecule has 3 aromatic carbocycles. The van der Waals surface area contributed by atoms with E-state index in [1.807, 2.05) is 105 Å². The van der Waals surface area contributed by atoms with Gasteiger partial charge in [-0.05, 0) is 54.8 Å². The molecule has 0 spiro atoms. The lowest BCUT2D eigenvalue weighted by Gasteiger charge is -2.37. The van der Waals surface area contributed by atoms with E-state index in [1.165, 1.54) is 4.90 Å². The zero-order chi connectivity index (χ0) is 33.4. The van der Waals surface area contributed by atoms with Crippen molar-refractivity contribution in [2.45, 2.75) is 43.1 Å². The molecule has 246 valence electrons. The first-order chi connectivity index (χ1) is 22.6. The van der Waals surface area contributed by atoms with Crippen LogP contribution < -0.4 is 14.8 Å². The summed E-state index contributed by atoms with van der Waals surface area (Å²) in [6.45, 7) is 3.13. The predicted molar refractivity (Wildman–Crippen MR) is 173 cm³/mol. The summed E-state index contributed by atoms with van der Waals surface area (Å²) in [5.74, 6) is -0.899. The Balaban J connectivity index is 1.20. The first-order valence-electron chi connectivity index (χ1n) is 15.7. The quantitative estimate of drug-likeness (QED) is 0.165. The van der Waals surface area contributed by atoms with Gasteiger partial charge in [-0.15, -0.1) is 0 Å². The van der Waals surface area contributed by atoms with Gasteiger partial charge >= 0.3 is 0 Å².